The smallest absolute Gasteiger partial charge is 0.223 e. The third kappa shape index (κ3) is 4.64. The van der Waals surface area contributed by atoms with Gasteiger partial charge in [-0.1, -0.05) is 35.9 Å². The number of ketones is 1. The van der Waals surface area contributed by atoms with Gasteiger partial charge in [-0.15, -0.1) is 0 Å². The molecule has 1 aromatic heterocycles. The van der Waals surface area contributed by atoms with Gasteiger partial charge in [-0.05, 0) is 67.7 Å². The van der Waals surface area contributed by atoms with Crippen LogP contribution in [-0.4, -0.2) is 47.8 Å². The van der Waals surface area contributed by atoms with Crippen LogP contribution >= 0.6 is 11.6 Å². The van der Waals surface area contributed by atoms with Crippen molar-refractivity contribution in [2.24, 2.45) is 17.8 Å². The number of hydrogen-bond donors (Lipinski definition) is 2. The zero-order chi connectivity index (χ0) is 22.9. The minimum absolute atomic E-state index is 0.0752. The third-order valence-corrected chi connectivity index (χ3v) is 7.68. The van der Waals surface area contributed by atoms with Gasteiger partial charge in [0.25, 0.3) is 0 Å². The Bertz CT molecular complexity index is 1050. The summed E-state index contributed by atoms with van der Waals surface area (Å²) >= 11 is 6.37. The number of anilines is 1. The number of benzene rings is 1. The normalized spacial score (nSPS) is 24.4. The van der Waals surface area contributed by atoms with Crippen molar-refractivity contribution in [2.75, 3.05) is 31.5 Å². The Morgan fingerprint density at radius 2 is 2.00 bits per heavy atom. The summed E-state index contributed by atoms with van der Waals surface area (Å²) in [6.45, 7) is 4.82. The van der Waals surface area contributed by atoms with E-state index in [2.05, 4.69) is 27.7 Å². The standard InChI is InChI=1S/C26H31ClN4O2/c1-16(32)24(19-8-2-3-9-22(19)27)31-14-20-21(15-31)23(20)26(33)29-13-5-7-18-11-10-17-6-4-12-28-25(17)30-18/h2-3,8-11,20-21,23-24H,4-7,12-15H2,1H3,(H,28,30)(H,29,33)/t20-,21+,23?,24?. The summed E-state index contributed by atoms with van der Waals surface area (Å²) in [6.07, 6.45) is 4.00. The molecule has 2 fully saturated rings. The van der Waals surface area contributed by atoms with E-state index in [0.717, 1.165) is 62.4 Å². The second-order valence-corrected chi connectivity index (χ2v) is 9.98. The summed E-state index contributed by atoms with van der Waals surface area (Å²) in [5.41, 5.74) is 3.24. The molecule has 33 heavy (non-hydrogen) atoms. The number of piperidine rings is 1. The number of likely N-dealkylation sites (tertiary alicyclic amines) is 1. The summed E-state index contributed by atoms with van der Waals surface area (Å²) in [6, 6.07) is 11.5. The minimum atomic E-state index is -0.325. The first-order chi connectivity index (χ1) is 16.0. The number of fused-ring (bicyclic) bond motifs is 2. The van der Waals surface area contributed by atoms with Gasteiger partial charge in [0.2, 0.25) is 5.91 Å². The summed E-state index contributed by atoms with van der Waals surface area (Å²) in [5, 5.41) is 7.12. The molecular weight excluding hydrogens is 436 g/mol. The average molecular weight is 467 g/mol. The van der Waals surface area contributed by atoms with Gasteiger partial charge in [-0.25, -0.2) is 4.98 Å². The first-order valence-electron chi connectivity index (χ1n) is 12.0. The second-order valence-electron chi connectivity index (χ2n) is 9.58. The Hall–Kier alpha value is -2.44. The lowest BCUT2D eigenvalue weighted by molar-refractivity contribution is -0.123. The predicted molar refractivity (Wildman–Crippen MR) is 129 cm³/mol. The highest BCUT2D eigenvalue weighted by atomic mass is 35.5. The molecule has 6 nitrogen and oxygen atoms in total. The molecule has 1 aromatic carbocycles. The lowest BCUT2D eigenvalue weighted by Gasteiger charge is -2.28. The maximum atomic E-state index is 12.7. The van der Waals surface area contributed by atoms with E-state index in [-0.39, 0.29) is 23.7 Å². The predicted octanol–water partition coefficient (Wildman–Crippen LogP) is 3.65. The Morgan fingerprint density at radius 1 is 1.21 bits per heavy atom. The fourth-order valence-electron chi connectivity index (χ4n) is 5.64. The van der Waals surface area contributed by atoms with E-state index in [1.54, 1.807) is 6.92 Å². The van der Waals surface area contributed by atoms with E-state index < -0.39 is 0 Å². The molecule has 2 aromatic rings. The van der Waals surface area contributed by atoms with Gasteiger partial charge in [0, 0.05) is 42.8 Å². The van der Waals surface area contributed by atoms with Crippen molar-refractivity contribution in [3.8, 4) is 0 Å². The number of carbonyl (C=O) groups is 2. The van der Waals surface area contributed by atoms with E-state index in [0.29, 0.717) is 23.4 Å². The molecule has 3 aliphatic rings. The van der Waals surface area contributed by atoms with E-state index in [1.165, 1.54) is 5.56 Å². The zero-order valence-corrected chi connectivity index (χ0v) is 19.8. The summed E-state index contributed by atoms with van der Waals surface area (Å²) in [4.78, 5) is 32.0. The largest absolute Gasteiger partial charge is 0.370 e. The van der Waals surface area contributed by atoms with Gasteiger partial charge in [0.05, 0.1) is 6.04 Å². The Labute approximate surface area is 200 Å². The minimum Gasteiger partial charge on any atom is -0.370 e. The molecule has 2 aliphatic heterocycles. The molecule has 0 radical (unpaired) electrons. The van der Waals surface area contributed by atoms with Crippen molar-refractivity contribution in [3.63, 3.8) is 0 Å². The van der Waals surface area contributed by atoms with Crippen LogP contribution in [0.1, 0.15) is 42.6 Å². The first-order valence-corrected chi connectivity index (χ1v) is 12.4. The molecule has 4 atom stereocenters. The number of aryl methyl sites for hydroxylation is 2. The highest BCUT2D eigenvalue weighted by Crippen LogP contribution is 2.53. The van der Waals surface area contributed by atoms with Gasteiger partial charge in [-0.2, -0.15) is 0 Å². The number of halogens is 1. The third-order valence-electron chi connectivity index (χ3n) is 7.34. The number of hydrogen-bond acceptors (Lipinski definition) is 5. The van der Waals surface area contributed by atoms with Crippen LogP contribution in [-0.2, 0) is 22.4 Å². The molecule has 5 rings (SSSR count). The van der Waals surface area contributed by atoms with Crippen molar-refractivity contribution in [1.82, 2.24) is 15.2 Å². The van der Waals surface area contributed by atoms with E-state index in [9.17, 15) is 9.59 Å². The van der Waals surface area contributed by atoms with Crippen LogP contribution in [0.4, 0.5) is 5.82 Å². The van der Waals surface area contributed by atoms with Crippen LogP contribution in [0.3, 0.4) is 0 Å². The van der Waals surface area contributed by atoms with Gasteiger partial charge < -0.3 is 10.6 Å². The molecule has 1 amide bonds. The second kappa shape index (κ2) is 9.43. The van der Waals surface area contributed by atoms with Crippen molar-refractivity contribution in [3.05, 3.63) is 58.2 Å². The maximum Gasteiger partial charge on any atom is 0.223 e. The van der Waals surface area contributed by atoms with Crippen LogP contribution in [0.2, 0.25) is 5.02 Å². The van der Waals surface area contributed by atoms with E-state index in [4.69, 9.17) is 16.6 Å². The molecule has 174 valence electrons. The van der Waals surface area contributed by atoms with Crippen molar-refractivity contribution < 1.29 is 9.59 Å². The number of carbonyl (C=O) groups excluding carboxylic acids is 2. The molecule has 0 spiro atoms. The first kappa shape index (κ1) is 22.4. The molecule has 3 heterocycles. The molecule has 2 unspecified atom stereocenters. The lowest BCUT2D eigenvalue weighted by atomic mass is 10.0. The topological polar surface area (TPSA) is 74.3 Å². The summed E-state index contributed by atoms with van der Waals surface area (Å²) in [7, 11) is 0. The Morgan fingerprint density at radius 3 is 2.76 bits per heavy atom. The highest BCUT2D eigenvalue weighted by molar-refractivity contribution is 6.31. The van der Waals surface area contributed by atoms with Crippen molar-refractivity contribution in [1.29, 1.82) is 0 Å². The quantitative estimate of drug-likeness (QED) is 0.581. The number of Topliss-reactive ketones (excluding diaryl/α,β-unsaturated/α-hetero) is 1. The zero-order valence-electron chi connectivity index (χ0n) is 19.0. The van der Waals surface area contributed by atoms with Crippen LogP contribution in [0.5, 0.6) is 0 Å². The SMILES string of the molecule is CC(=O)C(c1ccccc1Cl)N1C[C@@H]2C(C(=O)NCCCc3ccc4c(n3)NCCC4)[C@@H]2C1. The molecule has 1 aliphatic carbocycles. The van der Waals surface area contributed by atoms with Crippen LogP contribution < -0.4 is 10.6 Å². The summed E-state index contributed by atoms with van der Waals surface area (Å²) < 4.78 is 0. The lowest BCUT2D eigenvalue weighted by Crippen LogP contribution is -2.36. The molecule has 1 saturated heterocycles. The number of pyridine rings is 1. The average Bonchev–Trinajstić information content (AvgIpc) is 3.32. The van der Waals surface area contributed by atoms with Gasteiger partial charge in [0.1, 0.15) is 5.82 Å². The fourth-order valence-corrected chi connectivity index (χ4v) is 5.87. The number of amides is 1. The number of rotatable bonds is 8. The maximum absolute atomic E-state index is 12.7. The van der Waals surface area contributed by atoms with Gasteiger partial charge in [0.15, 0.2) is 5.78 Å². The Balaban J connectivity index is 1.08. The number of nitrogens with zero attached hydrogens (tertiary/aromatic N) is 2. The molecule has 7 heteroatoms. The molecule has 0 bridgehead atoms. The van der Waals surface area contributed by atoms with Gasteiger partial charge >= 0.3 is 0 Å². The van der Waals surface area contributed by atoms with E-state index in [1.807, 2.05) is 24.3 Å². The summed E-state index contributed by atoms with van der Waals surface area (Å²) in [5.74, 6) is 2.02. The van der Waals surface area contributed by atoms with E-state index >= 15 is 0 Å². The highest BCUT2D eigenvalue weighted by Gasteiger charge is 2.60. The molecular formula is C26H31ClN4O2. The molecule has 1 saturated carbocycles. The van der Waals surface area contributed by atoms with Crippen LogP contribution in [0, 0.1) is 17.8 Å². The van der Waals surface area contributed by atoms with Crippen LogP contribution in [0.15, 0.2) is 36.4 Å². The van der Waals surface area contributed by atoms with Crippen LogP contribution in [0.25, 0.3) is 0 Å². The number of aromatic nitrogens is 1. The van der Waals surface area contributed by atoms with Gasteiger partial charge in [-0.3, -0.25) is 14.5 Å². The number of nitrogens with one attached hydrogen (secondary N) is 2. The fraction of sp³-hybridized carbons (Fsp3) is 0.500. The van der Waals surface area contributed by atoms with Crippen molar-refractivity contribution in [2.45, 2.75) is 38.6 Å². The monoisotopic (exact) mass is 466 g/mol. The van der Waals surface area contributed by atoms with Crippen molar-refractivity contribution >= 4 is 29.1 Å². The molecule has 2 N–H and O–H groups in total. The Kier molecular flexibility index (Phi) is 6.39.